The van der Waals surface area contributed by atoms with Crippen LogP contribution >= 0.6 is 0 Å². The van der Waals surface area contributed by atoms with Gasteiger partial charge in [-0.05, 0) is 13.0 Å². The van der Waals surface area contributed by atoms with E-state index in [2.05, 4.69) is 0 Å². The van der Waals surface area contributed by atoms with Crippen LogP contribution in [0.15, 0.2) is 0 Å². The Hall–Kier alpha value is -0.270. The van der Waals surface area contributed by atoms with Crippen molar-refractivity contribution in [1.82, 2.24) is 4.90 Å². The molecule has 0 bridgehead atoms. The lowest BCUT2D eigenvalue weighted by atomic mass is 10.4. The quantitative estimate of drug-likeness (QED) is 0.653. The smallest absolute Gasteiger partial charge is 0.251 e. The Labute approximate surface area is 88.8 Å². The first kappa shape index (κ1) is 14.7. The van der Waals surface area contributed by atoms with E-state index in [4.69, 9.17) is 5.11 Å². The molecule has 92 valence electrons. The van der Waals surface area contributed by atoms with Gasteiger partial charge in [-0.3, -0.25) is 4.90 Å². The van der Waals surface area contributed by atoms with Crippen LogP contribution in [-0.2, 0) is 9.84 Å². The number of hydrogen-bond donors (Lipinski definition) is 1. The molecule has 0 aliphatic heterocycles. The number of aliphatic hydroxyl groups is 1. The first-order chi connectivity index (χ1) is 6.85. The molecule has 0 aromatic carbocycles. The third-order valence-electron chi connectivity index (χ3n) is 1.80. The van der Waals surface area contributed by atoms with Crippen molar-refractivity contribution in [2.75, 3.05) is 38.2 Å². The van der Waals surface area contributed by atoms with Crippen LogP contribution in [0, 0.1) is 0 Å². The van der Waals surface area contributed by atoms with E-state index >= 15 is 0 Å². The fourth-order valence-corrected chi connectivity index (χ4v) is 1.83. The molecule has 0 aliphatic rings. The molecular weight excluding hydrogens is 228 g/mol. The van der Waals surface area contributed by atoms with Gasteiger partial charge in [0.05, 0.1) is 18.9 Å². The van der Waals surface area contributed by atoms with Crippen LogP contribution in [0.1, 0.15) is 6.42 Å². The van der Waals surface area contributed by atoms with Crippen molar-refractivity contribution in [3.8, 4) is 0 Å². The largest absolute Gasteiger partial charge is 0.395 e. The molecule has 0 aromatic heterocycles. The highest BCUT2D eigenvalue weighted by Gasteiger charge is 2.12. The van der Waals surface area contributed by atoms with Gasteiger partial charge in [0.15, 0.2) is 0 Å². The molecule has 15 heavy (non-hydrogen) atoms. The Morgan fingerprint density at radius 1 is 1.33 bits per heavy atom. The van der Waals surface area contributed by atoms with Crippen molar-refractivity contribution in [3.05, 3.63) is 0 Å². The van der Waals surface area contributed by atoms with Crippen LogP contribution in [-0.4, -0.2) is 63.1 Å². The van der Waals surface area contributed by atoms with Crippen molar-refractivity contribution in [3.63, 3.8) is 0 Å². The summed E-state index contributed by atoms with van der Waals surface area (Å²) in [5.74, 6) is -0.0157. The summed E-state index contributed by atoms with van der Waals surface area (Å²) in [6.07, 6.45) is -1.04. The molecule has 7 heteroatoms. The third-order valence-corrected chi connectivity index (χ3v) is 2.83. The second kappa shape index (κ2) is 7.08. The average molecular weight is 245 g/mol. The summed E-state index contributed by atoms with van der Waals surface area (Å²) >= 11 is 0. The van der Waals surface area contributed by atoms with Crippen LogP contribution in [0.5, 0.6) is 0 Å². The molecule has 0 atom stereocenters. The molecule has 0 aromatic rings. The Morgan fingerprint density at radius 3 is 2.33 bits per heavy atom. The van der Waals surface area contributed by atoms with Gasteiger partial charge in [-0.2, -0.15) is 0 Å². The Morgan fingerprint density at radius 2 is 1.93 bits per heavy atom. The average Bonchev–Trinajstić information content (AvgIpc) is 2.00. The van der Waals surface area contributed by atoms with Crippen molar-refractivity contribution in [2.45, 2.75) is 12.8 Å². The first-order valence-corrected chi connectivity index (χ1v) is 6.70. The zero-order chi connectivity index (χ0) is 11.9. The van der Waals surface area contributed by atoms with Crippen molar-refractivity contribution < 1.29 is 22.3 Å². The van der Waals surface area contributed by atoms with Gasteiger partial charge in [-0.15, -0.1) is 0 Å². The summed E-state index contributed by atoms with van der Waals surface area (Å²) in [5.41, 5.74) is 0. The first-order valence-electron chi connectivity index (χ1n) is 4.64. The highest BCUT2D eigenvalue weighted by Crippen LogP contribution is 2.00. The lowest BCUT2D eigenvalue weighted by Crippen LogP contribution is -2.33. The van der Waals surface area contributed by atoms with Crippen molar-refractivity contribution in [2.24, 2.45) is 0 Å². The highest BCUT2D eigenvalue weighted by molar-refractivity contribution is 7.90. The fraction of sp³-hybridized carbons (Fsp3) is 1.00. The minimum absolute atomic E-state index is 0.0157. The number of sulfone groups is 1. The maximum atomic E-state index is 12.0. The van der Waals surface area contributed by atoms with Crippen molar-refractivity contribution >= 4 is 9.84 Å². The lowest BCUT2D eigenvalue weighted by molar-refractivity contribution is 0.0786. The molecule has 0 spiro atoms. The summed E-state index contributed by atoms with van der Waals surface area (Å²) in [5, 5.41) is 8.60. The van der Waals surface area contributed by atoms with Crippen LogP contribution < -0.4 is 0 Å². The molecule has 4 nitrogen and oxygen atoms in total. The number of hydrogen-bond acceptors (Lipinski definition) is 4. The minimum atomic E-state index is -3.04. The maximum Gasteiger partial charge on any atom is 0.251 e. The van der Waals surface area contributed by atoms with Gasteiger partial charge in [0.2, 0.25) is 0 Å². The summed E-state index contributed by atoms with van der Waals surface area (Å²) < 4.78 is 45.6. The molecule has 0 unspecified atom stereocenters. The van der Waals surface area contributed by atoms with E-state index in [0.717, 1.165) is 6.26 Å². The van der Waals surface area contributed by atoms with E-state index in [1.807, 2.05) is 0 Å². The van der Waals surface area contributed by atoms with Gasteiger partial charge < -0.3 is 5.11 Å². The number of nitrogens with zero attached hydrogens (tertiary/aromatic N) is 1. The lowest BCUT2D eigenvalue weighted by Gasteiger charge is -2.20. The molecule has 0 heterocycles. The third kappa shape index (κ3) is 10.0. The molecule has 0 aliphatic carbocycles. The highest BCUT2D eigenvalue weighted by atomic mass is 32.2. The van der Waals surface area contributed by atoms with Gasteiger partial charge in [-0.25, -0.2) is 17.2 Å². The predicted octanol–water partition coefficient (Wildman–Crippen LogP) is -0.0195. The van der Waals surface area contributed by atoms with E-state index in [1.54, 1.807) is 0 Å². The summed E-state index contributed by atoms with van der Waals surface area (Å²) in [6, 6.07) is 0. The van der Waals surface area contributed by atoms with Gasteiger partial charge in [0.1, 0.15) is 9.84 Å². The van der Waals surface area contributed by atoms with Crippen LogP contribution in [0.4, 0.5) is 8.78 Å². The van der Waals surface area contributed by atoms with Crippen LogP contribution in [0.2, 0.25) is 0 Å². The molecule has 0 saturated heterocycles. The summed E-state index contributed by atoms with van der Waals surface area (Å²) in [4.78, 5) is 1.36. The second-order valence-electron chi connectivity index (χ2n) is 3.40. The molecule has 0 radical (unpaired) electrons. The Bertz CT molecular complexity index is 257. The molecule has 0 amide bonds. The van der Waals surface area contributed by atoms with E-state index in [0.29, 0.717) is 6.42 Å². The monoisotopic (exact) mass is 245 g/mol. The predicted molar refractivity (Wildman–Crippen MR) is 53.9 cm³/mol. The molecule has 1 N–H and O–H groups in total. The fourth-order valence-electron chi connectivity index (χ4n) is 1.18. The van der Waals surface area contributed by atoms with E-state index in [1.165, 1.54) is 4.90 Å². The molecule has 0 fully saturated rings. The Kier molecular flexibility index (Phi) is 6.95. The Balaban J connectivity index is 3.85. The summed E-state index contributed by atoms with van der Waals surface area (Å²) in [7, 11) is -3.04. The van der Waals surface area contributed by atoms with Crippen LogP contribution in [0.3, 0.4) is 0 Å². The van der Waals surface area contributed by atoms with E-state index < -0.39 is 22.8 Å². The number of alkyl halides is 2. The van der Waals surface area contributed by atoms with Crippen LogP contribution in [0.25, 0.3) is 0 Å². The topological polar surface area (TPSA) is 57.6 Å². The number of rotatable bonds is 8. The van der Waals surface area contributed by atoms with Gasteiger partial charge >= 0.3 is 0 Å². The zero-order valence-electron chi connectivity index (χ0n) is 8.70. The van der Waals surface area contributed by atoms with Gasteiger partial charge in [0.25, 0.3) is 6.43 Å². The minimum Gasteiger partial charge on any atom is -0.395 e. The molecule has 0 saturated carbocycles. The number of halogens is 2. The van der Waals surface area contributed by atoms with Gasteiger partial charge in [0, 0.05) is 12.8 Å². The molecular formula is C8H17F2NO3S. The second-order valence-corrected chi connectivity index (χ2v) is 5.66. The standard InChI is InChI=1S/C8H17F2NO3S/c1-15(13,14)6-2-3-11(4-5-12)7-8(9)10/h8,12H,2-7H2,1H3. The van der Waals surface area contributed by atoms with E-state index in [-0.39, 0.29) is 25.4 Å². The summed E-state index contributed by atoms with van der Waals surface area (Å²) in [6.45, 7) is -0.220. The number of aliphatic hydroxyl groups excluding tert-OH is 1. The SMILES string of the molecule is CS(=O)(=O)CCCN(CCO)CC(F)F. The van der Waals surface area contributed by atoms with E-state index in [9.17, 15) is 17.2 Å². The normalized spacial score (nSPS) is 12.7. The van der Waals surface area contributed by atoms with Gasteiger partial charge in [-0.1, -0.05) is 0 Å². The zero-order valence-corrected chi connectivity index (χ0v) is 9.51. The molecule has 0 rings (SSSR count). The van der Waals surface area contributed by atoms with Crippen molar-refractivity contribution in [1.29, 1.82) is 0 Å². The maximum absolute atomic E-state index is 12.0.